The first-order valence-corrected chi connectivity index (χ1v) is 6.81. The van der Waals surface area contributed by atoms with Crippen molar-refractivity contribution in [2.24, 2.45) is 0 Å². The van der Waals surface area contributed by atoms with Crippen LogP contribution in [0.3, 0.4) is 0 Å². The predicted octanol–water partition coefficient (Wildman–Crippen LogP) is 4.83. The van der Waals surface area contributed by atoms with Gasteiger partial charge in [-0.3, -0.25) is 0 Å². The van der Waals surface area contributed by atoms with Gasteiger partial charge in [0.05, 0.1) is 0 Å². The fraction of sp³-hybridized carbons (Fsp3) is 0.231. The second kappa shape index (κ2) is 4.96. The first-order valence-electron chi connectivity index (χ1n) is 5.23. The molecule has 2 aromatic rings. The first-order chi connectivity index (χ1) is 7.99. The quantitative estimate of drug-likeness (QED) is 0.832. The fourth-order valence-electron chi connectivity index (χ4n) is 1.65. The van der Waals surface area contributed by atoms with Crippen LogP contribution in [0.5, 0.6) is 0 Å². The number of furan rings is 1. The third-order valence-corrected chi connectivity index (χ3v) is 3.72. The van der Waals surface area contributed by atoms with Crippen LogP contribution >= 0.6 is 31.9 Å². The van der Waals surface area contributed by atoms with E-state index in [-0.39, 0.29) is 0 Å². The number of hydrogen-bond acceptors (Lipinski definition) is 2. The van der Waals surface area contributed by atoms with Gasteiger partial charge in [0, 0.05) is 14.5 Å². The van der Waals surface area contributed by atoms with Crippen LogP contribution < -0.4 is 0 Å². The zero-order valence-electron chi connectivity index (χ0n) is 9.50. The van der Waals surface area contributed by atoms with E-state index in [2.05, 4.69) is 31.9 Å². The molecule has 0 spiro atoms. The third-order valence-electron chi connectivity index (χ3n) is 2.47. The molecule has 2 rings (SSSR count). The Morgan fingerprint density at radius 3 is 2.24 bits per heavy atom. The molecule has 1 N–H and O–H groups in total. The molecule has 2 nitrogen and oxygen atoms in total. The summed E-state index contributed by atoms with van der Waals surface area (Å²) >= 11 is 7.06. The normalized spacial score (nSPS) is 12.8. The van der Waals surface area contributed by atoms with Crippen molar-refractivity contribution in [3.05, 3.63) is 44.5 Å². The van der Waals surface area contributed by atoms with Crippen LogP contribution in [0.25, 0.3) is 11.3 Å². The molecule has 1 aromatic heterocycles. The summed E-state index contributed by atoms with van der Waals surface area (Å²) < 4.78 is 7.56. The van der Waals surface area contributed by atoms with Gasteiger partial charge in [-0.15, -0.1) is 0 Å². The van der Waals surface area contributed by atoms with Gasteiger partial charge in [-0.2, -0.15) is 0 Å². The number of aliphatic hydroxyl groups excluding tert-OH is 1. The van der Waals surface area contributed by atoms with Crippen LogP contribution in [0.2, 0.25) is 0 Å². The molecule has 0 radical (unpaired) electrons. The maximum Gasteiger partial charge on any atom is 0.136 e. The molecule has 0 saturated carbocycles. The standard InChI is InChI=1S/C13H12Br2O2/c1-7-5-9(14)13(10(15)6-7)12-4-3-11(17-12)8(2)16/h3-6,8,16H,1-2H3. The predicted molar refractivity (Wildman–Crippen MR) is 74.9 cm³/mol. The lowest BCUT2D eigenvalue weighted by atomic mass is 10.1. The average Bonchev–Trinajstić information content (AvgIpc) is 2.65. The van der Waals surface area contributed by atoms with Crippen molar-refractivity contribution in [1.29, 1.82) is 0 Å². The van der Waals surface area contributed by atoms with Crippen LogP contribution in [0.4, 0.5) is 0 Å². The van der Waals surface area contributed by atoms with Gasteiger partial charge >= 0.3 is 0 Å². The minimum Gasteiger partial charge on any atom is -0.458 e. The van der Waals surface area contributed by atoms with E-state index in [1.165, 1.54) is 0 Å². The van der Waals surface area contributed by atoms with Gasteiger partial charge in [0.25, 0.3) is 0 Å². The summed E-state index contributed by atoms with van der Waals surface area (Å²) in [5.74, 6) is 1.30. The van der Waals surface area contributed by atoms with Crippen LogP contribution in [0, 0.1) is 6.92 Å². The highest BCUT2D eigenvalue weighted by Crippen LogP contribution is 2.37. The molecule has 0 fully saturated rings. The summed E-state index contributed by atoms with van der Waals surface area (Å²) in [5, 5.41) is 9.45. The molecule has 0 amide bonds. The molecule has 0 saturated heterocycles. The minimum atomic E-state index is -0.591. The summed E-state index contributed by atoms with van der Waals surface area (Å²) in [5.41, 5.74) is 2.12. The van der Waals surface area contributed by atoms with E-state index in [4.69, 9.17) is 4.42 Å². The van der Waals surface area contributed by atoms with Crippen LogP contribution in [0.15, 0.2) is 37.6 Å². The number of rotatable bonds is 2. The van der Waals surface area contributed by atoms with Gasteiger partial charge in [0.15, 0.2) is 0 Å². The van der Waals surface area contributed by atoms with E-state index in [0.717, 1.165) is 25.8 Å². The zero-order chi connectivity index (χ0) is 12.6. The van der Waals surface area contributed by atoms with Crippen molar-refractivity contribution in [2.75, 3.05) is 0 Å². The van der Waals surface area contributed by atoms with Crippen LogP contribution in [0.1, 0.15) is 24.4 Å². The van der Waals surface area contributed by atoms with Crippen LogP contribution in [-0.4, -0.2) is 5.11 Å². The molecular weight excluding hydrogens is 348 g/mol. The first kappa shape index (κ1) is 12.9. The van der Waals surface area contributed by atoms with Gasteiger partial charge in [-0.1, -0.05) is 0 Å². The lowest BCUT2D eigenvalue weighted by molar-refractivity contribution is 0.170. The van der Waals surface area contributed by atoms with E-state index < -0.39 is 6.10 Å². The van der Waals surface area contributed by atoms with Crippen molar-refractivity contribution in [3.63, 3.8) is 0 Å². The Labute approximate surface area is 117 Å². The Bertz CT molecular complexity index is 521. The SMILES string of the molecule is Cc1cc(Br)c(-c2ccc(C(C)O)o2)c(Br)c1. The highest BCUT2D eigenvalue weighted by atomic mass is 79.9. The highest BCUT2D eigenvalue weighted by molar-refractivity contribution is 9.11. The lowest BCUT2D eigenvalue weighted by Crippen LogP contribution is -1.86. The molecule has 1 heterocycles. The number of benzene rings is 1. The Morgan fingerprint density at radius 1 is 1.18 bits per heavy atom. The molecule has 0 aliphatic rings. The third kappa shape index (κ3) is 2.64. The smallest absolute Gasteiger partial charge is 0.136 e. The largest absolute Gasteiger partial charge is 0.458 e. The maximum absolute atomic E-state index is 9.45. The van der Waals surface area contributed by atoms with Crippen molar-refractivity contribution >= 4 is 31.9 Å². The van der Waals surface area contributed by atoms with Gasteiger partial charge < -0.3 is 9.52 Å². The summed E-state index contributed by atoms with van der Waals surface area (Å²) in [6, 6.07) is 7.72. The van der Waals surface area contributed by atoms with Crippen molar-refractivity contribution in [1.82, 2.24) is 0 Å². The van der Waals surface area contributed by atoms with Crippen molar-refractivity contribution in [3.8, 4) is 11.3 Å². The zero-order valence-corrected chi connectivity index (χ0v) is 12.7. The molecule has 4 heteroatoms. The monoisotopic (exact) mass is 358 g/mol. The molecule has 1 unspecified atom stereocenters. The van der Waals surface area contributed by atoms with Crippen LogP contribution in [-0.2, 0) is 0 Å². The van der Waals surface area contributed by atoms with Gasteiger partial charge in [-0.25, -0.2) is 0 Å². The van der Waals surface area contributed by atoms with E-state index in [1.807, 2.05) is 25.1 Å². The molecule has 1 atom stereocenters. The van der Waals surface area contributed by atoms with E-state index in [1.54, 1.807) is 13.0 Å². The highest BCUT2D eigenvalue weighted by Gasteiger charge is 2.14. The number of halogens is 2. The Hall–Kier alpha value is -0.580. The lowest BCUT2D eigenvalue weighted by Gasteiger charge is -2.06. The topological polar surface area (TPSA) is 33.4 Å². The summed E-state index contributed by atoms with van der Waals surface area (Å²) in [7, 11) is 0. The van der Waals surface area contributed by atoms with Gasteiger partial charge in [0.1, 0.15) is 17.6 Å². The molecule has 0 aliphatic carbocycles. The summed E-state index contributed by atoms with van der Waals surface area (Å²) in [6.45, 7) is 3.71. The van der Waals surface area contributed by atoms with E-state index in [0.29, 0.717) is 5.76 Å². The molecule has 1 aromatic carbocycles. The van der Waals surface area contributed by atoms with Crippen molar-refractivity contribution < 1.29 is 9.52 Å². The maximum atomic E-state index is 9.45. The fourth-order valence-corrected chi connectivity index (χ4v) is 3.45. The number of aryl methyl sites for hydroxylation is 1. The molecular formula is C13H12Br2O2. The Morgan fingerprint density at radius 2 is 1.76 bits per heavy atom. The second-order valence-corrected chi connectivity index (χ2v) is 5.69. The Balaban J connectivity index is 2.52. The summed E-state index contributed by atoms with van der Waals surface area (Å²) in [4.78, 5) is 0. The van der Waals surface area contributed by atoms with E-state index in [9.17, 15) is 5.11 Å². The molecule has 17 heavy (non-hydrogen) atoms. The summed E-state index contributed by atoms with van der Waals surface area (Å²) in [6.07, 6.45) is -0.591. The Kier molecular flexibility index (Phi) is 3.76. The minimum absolute atomic E-state index is 0.569. The van der Waals surface area contributed by atoms with Gasteiger partial charge in [0.2, 0.25) is 0 Å². The number of aliphatic hydroxyl groups is 1. The average molecular weight is 360 g/mol. The molecule has 90 valence electrons. The second-order valence-electron chi connectivity index (χ2n) is 3.98. The van der Waals surface area contributed by atoms with Crippen molar-refractivity contribution in [2.45, 2.75) is 20.0 Å². The van der Waals surface area contributed by atoms with E-state index >= 15 is 0 Å². The molecule has 0 bridgehead atoms. The van der Waals surface area contributed by atoms with Gasteiger partial charge in [-0.05, 0) is 75.5 Å². The molecule has 0 aliphatic heterocycles. The number of hydrogen-bond donors (Lipinski definition) is 1.